The third kappa shape index (κ3) is 5.08. The molecule has 5 heteroatoms. The minimum Gasteiger partial charge on any atom is -0.309 e. The molecule has 0 N–H and O–H groups in total. The molecular formula is C54H37N5. The summed E-state index contributed by atoms with van der Waals surface area (Å²) in [6.07, 6.45) is 0. The van der Waals surface area contributed by atoms with Crippen LogP contribution in [0, 0.1) is 0 Å². The van der Waals surface area contributed by atoms with Gasteiger partial charge in [-0.15, -0.1) is 0 Å². The van der Waals surface area contributed by atoms with Gasteiger partial charge in [-0.2, -0.15) is 0 Å². The van der Waals surface area contributed by atoms with Crippen molar-refractivity contribution in [3.63, 3.8) is 0 Å². The van der Waals surface area contributed by atoms with Gasteiger partial charge in [0.05, 0.1) is 22.1 Å². The van der Waals surface area contributed by atoms with Gasteiger partial charge in [-0.05, 0) is 101 Å². The first-order chi connectivity index (χ1) is 29.0. The predicted molar refractivity (Wildman–Crippen MR) is 242 cm³/mol. The monoisotopic (exact) mass is 755 g/mol. The quantitative estimate of drug-likeness (QED) is 0.176. The lowest BCUT2D eigenvalue weighted by molar-refractivity contribution is 0.660. The highest BCUT2D eigenvalue weighted by Crippen LogP contribution is 2.49. The number of aromatic nitrogens is 5. The molecule has 59 heavy (non-hydrogen) atoms. The van der Waals surface area contributed by atoms with Gasteiger partial charge in [-0.25, -0.2) is 15.0 Å². The maximum atomic E-state index is 5.30. The Morgan fingerprint density at radius 3 is 1.29 bits per heavy atom. The molecular weight excluding hydrogens is 719 g/mol. The fraction of sp³-hybridized carbons (Fsp3) is 0.0556. The molecule has 0 unspecified atom stereocenters. The Morgan fingerprint density at radius 2 is 0.746 bits per heavy atom. The number of para-hydroxylation sites is 4. The molecule has 8 aromatic carbocycles. The van der Waals surface area contributed by atoms with Crippen LogP contribution in [0.5, 0.6) is 0 Å². The van der Waals surface area contributed by atoms with Crippen LogP contribution in [0.25, 0.3) is 100 Å². The minimum atomic E-state index is -0.156. The molecule has 3 heterocycles. The molecule has 0 saturated carbocycles. The van der Waals surface area contributed by atoms with Gasteiger partial charge in [0.15, 0.2) is 17.5 Å². The Morgan fingerprint density at radius 1 is 0.339 bits per heavy atom. The summed E-state index contributed by atoms with van der Waals surface area (Å²) in [4.78, 5) is 15.9. The molecule has 0 saturated heterocycles. The summed E-state index contributed by atoms with van der Waals surface area (Å²) in [5.41, 5.74) is 14.7. The van der Waals surface area contributed by atoms with E-state index in [1.54, 1.807) is 0 Å². The molecule has 11 aromatic rings. The molecule has 0 aliphatic heterocycles. The normalized spacial score (nSPS) is 13.1. The molecule has 5 nitrogen and oxygen atoms in total. The smallest absolute Gasteiger partial charge is 0.164 e. The van der Waals surface area contributed by atoms with Crippen molar-refractivity contribution in [3.05, 3.63) is 199 Å². The van der Waals surface area contributed by atoms with Crippen molar-refractivity contribution in [2.45, 2.75) is 19.3 Å². The van der Waals surface area contributed by atoms with Gasteiger partial charge in [0.1, 0.15) is 0 Å². The Hall–Kier alpha value is -7.63. The Balaban J connectivity index is 1.08. The number of fused-ring (bicyclic) bond motifs is 9. The molecule has 0 spiro atoms. The molecule has 0 bridgehead atoms. The largest absolute Gasteiger partial charge is 0.309 e. The van der Waals surface area contributed by atoms with E-state index in [9.17, 15) is 0 Å². The van der Waals surface area contributed by atoms with Crippen LogP contribution in [0.2, 0.25) is 0 Å². The second kappa shape index (κ2) is 12.7. The van der Waals surface area contributed by atoms with E-state index < -0.39 is 0 Å². The highest BCUT2D eigenvalue weighted by Gasteiger charge is 2.35. The average Bonchev–Trinajstić information content (AvgIpc) is 3.89. The number of nitrogens with zero attached hydrogens (tertiary/aromatic N) is 5. The molecule has 1 aliphatic rings. The molecule has 0 radical (unpaired) electrons. The van der Waals surface area contributed by atoms with E-state index in [0.29, 0.717) is 17.5 Å². The number of rotatable bonds is 5. The first kappa shape index (κ1) is 33.5. The van der Waals surface area contributed by atoms with Gasteiger partial charge in [-0.1, -0.05) is 123 Å². The van der Waals surface area contributed by atoms with Crippen LogP contribution in [0.1, 0.15) is 25.0 Å². The zero-order valence-electron chi connectivity index (χ0n) is 32.6. The second-order valence-electron chi connectivity index (χ2n) is 16.1. The van der Waals surface area contributed by atoms with Crippen molar-refractivity contribution >= 4 is 43.6 Å². The molecule has 3 aromatic heterocycles. The zero-order valence-corrected chi connectivity index (χ0v) is 32.6. The van der Waals surface area contributed by atoms with Crippen LogP contribution in [-0.2, 0) is 5.41 Å². The number of hydrogen-bond donors (Lipinski definition) is 0. The molecule has 1 aliphatic carbocycles. The minimum absolute atomic E-state index is 0.156. The average molecular weight is 756 g/mol. The molecule has 0 fully saturated rings. The lowest BCUT2D eigenvalue weighted by Gasteiger charge is -2.21. The molecule has 0 amide bonds. The van der Waals surface area contributed by atoms with E-state index >= 15 is 0 Å². The maximum absolute atomic E-state index is 5.30. The maximum Gasteiger partial charge on any atom is 0.164 e. The van der Waals surface area contributed by atoms with Crippen molar-refractivity contribution in [2.24, 2.45) is 0 Å². The second-order valence-corrected chi connectivity index (χ2v) is 16.1. The lowest BCUT2D eigenvalue weighted by Crippen LogP contribution is -2.15. The third-order valence-electron chi connectivity index (χ3n) is 12.4. The van der Waals surface area contributed by atoms with E-state index in [1.165, 1.54) is 33.0 Å². The number of hydrogen-bond acceptors (Lipinski definition) is 3. The standard InChI is InChI=1S/C54H37N5/c1-54(2)45-22-12-9-19-39(45)40-28-25-36(33-46(40)54)53-56-51(34-26-29-49-43(31-34)41-20-10-13-23-47(41)58(49)37-15-5-3-6-16-37)55-52(57-53)35-27-30-50-44(32-35)42-21-11-14-24-48(42)59(50)38-17-7-4-8-18-38/h3-33H,1-2H3. The summed E-state index contributed by atoms with van der Waals surface area (Å²) in [5.74, 6) is 1.93. The van der Waals surface area contributed by atoms with Crippen LogP contribution in [0.15, 0.2) is 188 Å². The predicted octanol–water partition coefficient (Wildman–Crippen LogP) is 13.4. The summed E-state index contributed by atoms with van der Waals surface area (Å²) in [6.45, 7) is 4.63. The summed E-state index contributed by atoms with van der Waals surface area (Å²) >= 11 is 0. The Labute approximate surface area is 341 Å². The molecule has 12 rings (SSSR count). The zero-order chi connectivity index (χ0) is 39.2. The third-order valence-corrected chi connectivity index (χ3v) is 12.4. The summed E-state index contributed by atoms with van der Waals surface area (Å²) in [5, 5.41) is 4.67. The first-order valence-corrected chi connectivity index (χ1v) is 20.2. The van der Waals surface area contributed by atoms with Crippen LogP contribution in [0.4, 0.5) is 0 Å². The van der Waals surface area contributed by atoms with E-state index in [2.05, 4.69) is 211 Å². The van der Waals surface area contributed by atoms with E-state index in [1.807, 2.05) is 0 Å². The topological polar surface area (TPSA) is 48.5 Å². The molecule has 278 valence electrons. The van der Waals surface area contributed by atoms with Crippen molar-refractivity contribution in [3.8, 4) is 56.7 Å². The van der Waals surface area contributed by atoms with Crippen molar-refractivity contribution in [1.82, 2.24) is 24.1 Å². The lowest BCUT2D eigenvalue weighted by atomic mass is 9.82. The van der Waals surface area contributed by atoms with Crippen LogP contribution < -0.4 is 0 Å². The van der Waals surface area contributed by atoms with E-state index in [4.69, 9.17) is 15.0 Å². The van der Waals surface area contributed by atoms with Crippen LogP contribution >= 0.6 is 0 Å². The highest BCUT2D eigenvalue weighted by molar-refractivity contribution is 6.11. The fourth-order valence-electron chi connectivity index (χ4n) is 9.54. The van der Waals surface area contributed by atoms with Crippen molar-refractivity contribution < 1.29 is 0 Å². The van der Waals surface area contributed by atoms with Gasteiger partial charge in [0, 0.05) is 55.0 Å². The van der Waals surface area contributed by atoms with Crippen molar-refractivity contribution in [2.75, 3.05) is 0 Å². The van der Waals surface area contributed by atoms with Gasteiger partial charge in [-0.3, -0.25) is 0 Å². The summed E-state index contributed by atoms with van der Waals surface area (Å²) < 4.78 is 4.67. The summed E-state index contributed by atoms with van der Waals surface area (Å²) in [7, 11) is 0. The van der Waals surface area contributed by atoms with Gasteiger partial charge < -0.3 is 9.13 Å². The summed E-state index contributed by atoms with van der Waals surface area (Å²) in [6, 6.07) is 67.1. The van der Waals surface area contributed by atoms with Gasteiger partial charge in [0.2, 0.25) is 0 Å². The van der Waals surface area contributed by atoms with Crippen LogP contribution in [0.3, 0.4) is 0 Å². The SMILES string of the molecule is CC1(C)c2ccccc2-c2ccc(-c3nc(-c4ccc5c(c4)c4ccccc4n5-c4ccccc4)nc(-c4ccc5c(c4)c4ccccc4n5-c4ccccc4)n3)cc21. The van der Waals surface area contributed by atoms with E-state index in [0.717, 1.165) is 60.9 Å². The van der Waals surface area contributed by atoms with Crippen LogP contribution in [-0.4, -0.2) is 24.1 Å². The first-order valence-electron chi connectivity index (χ1n) is 20.2. The Bertz CT molecular complexity index is 3290. The fourth-order valence-corrected chi connectivity index (χ4v) is 9.54. The Kier molecular flexibility index (Phi) is 7.20. The van der Waals surface area contributed by atoms with Gasteiger partial charge >= 0.3 is 0 Å². The van der Waals surface area contributed by atoms with Gasteiger partial charge in [0.25, 0.3) is 0 Å². The number of benzene rings is 8. The van der Waals surface area contributed by atoms with Crippen molar-refractivity contribution in [1.29, 1.82) is 0 Å². The highest BCUT2D eigenvalue weighted by atomic mass is 15.0. The molecule has 0 atom stereocenters. The van der Waals surface area contributed by atoms with E-state index in [-0.39, 0.29) is 5.41 Å².